The molecule has 0 unspecified atom stereocenters. The van der Waals surface area contributed by atoms with Gasteiger partial charge in [0.15, 0.2) is 0 Å². The maximum absolute atomic E-state index is 14.5. The third-order valence-electron chi connectivity index (χ3n) is 6.34. The fraction of sp³-hybridized carbons (Fsp3) is 0.207. The highest BCUT2D eigenvalue weighted by atomic mass is 19.1. The number of aromatic nitrogens is 3. The molecule has 6 nitrogen and oxygen atoms in total. The summed E-state index contributed by atoms with van der Waals surface area (Å²) in [6, 6.07) is 15.3. The van der Waals surface area contributed by atoms with Crippen molar-refractivity contribution in [2.24, 2.45) is 5.92 Å². The van der Waals surface area contributed by atoms with E-state index >= 15 is 0 Å². The number of aromatic amines is 1. The van der Waals surface area contributed by atoms with E-state index in [1.54, 1.807) is 6.08 Å². The van der Waals surface area contributed by atoms with E-state index in [1.807, 2.05) is 61.7 Å². The van der Waals surface area contributed by atoms with Crippen LogP contribution in [0.25, 0.3) is 28.1 Å². The molecule has 5 rings (SSSR count). The number of aryl methyl sites for hydroxylation is 1. The zero-order valence-electron chi connectivity index (χ0n) is 20.1. The third-order valence-corrected chi connectivity index (χ3v) is 6.34. The van der Waals surface area contributed by atoms with Gasteiger partial charge in [0.2, 0.25) is 11.8 Å². The highest BCUT2D eigenvalue weighted by molar-refractivity contribution is 6.02. The number of hydrogen-bond acceptors (Lipinski definition) is 4. The SMILES string of the molecule is CCOc1cc(C)c(C(=C(c2ccc(C=CC(=O)O)cc2)c2ccc3n[nH]c(F)c3c2)C2CC2)cn1. The van der Waals surface area contributed by atoms with E-state index in [0.29, 0.717) is 29.3 Å². The zero-order valence-corrected chi connectivity index (χ0v) is 20.1. The summed E-state index contributed by atoms with van der Waals surface area (Å²) in [5, 5.41) is 15.8. The van der Waals surface area contributed by atoms with E-state index in [1.165, 1.54) is 5.57 Å². The van der Waals surface area contributed by atoms with Crippen molar-refractivity contribution < 1.29 is 19.0 Å². The zero-order chi connectivity index (χ0) is 25.2. The number of ether oxygens (including phenoxy) is 1. The molecule has 36 heavy (non-hydrogen) atoms. The van der Waals surface area contributed by atoms with E-state index in [9.17, 15) is 9.18 Å². The Morgan fingerprint density at radius 3 is 2.58 bits per heavy atom. The monoisotopic (exact) mass is 483 g/mol. The number of carbonyl (C=O) groups is 1. The fourth-order valence-corrected chi connectivity index (χ4v) is 4.51. The normalized spacial score (nSPS) is 14.3. The molecule has 0 aliphatic heterocycles. The molecule has 0 atom stereocenters. The standard InChI is InChI=1S/C29H26FN3O3/c1-3-36-25-14-17(2)23(16-31-25)28(20-9-10-20)27(19-7-4-18(5-8-19)6-13-26(34)35)21-11-12-24-22(15-21)29(30)33-32-24/h4-8,11-16,20H,3,9-10H2,1-2H3,(H,32,33)(H,34,35). The number of aliphatic carboxylic acids is 1. The average molecular weight is 484 g/mol. The summed E-state index contributed by atoms with van der Waals surface area (Å²) < 4.78 is 20.1. The Kier molecular flexibility index (Phi) is 6.38. The van der Waals surface area contributed by atoms with Gasteiger partial charge in [-0.05, 0) is 84.2 Å². The molecule has 7 heteroatoms. The maximum Gasteiger partial charge on any atom is 0.328 e. The first-order chi connectivity index (χ1) is 17.4. The summed E-state index contributed by atoms with van der Waals surface area (Å²) in [5.41, 5.74) is 7.46. The smallest absolute Gasteiger partial charge is 0.328 e. The van der Waals surface area contributed by atoms with Gasteiger partial charge in [-0.1, -0.05) is 30.3 Å². The Bertz CT molecular complexity index is 1500. The second-order valence-corrected chi connectivity index (χ2v) is 8.90. The van der Waals surface area contributed by atoms with Crippen LogP contribution in [0.1, 0.15) is 47.6 Å². The van der Waals surface area contributed by atoms with E-state index in [0.717, 1.165) is 52.3 Å². The van der Waals surface area contributed by atoms with Crippen molar-refractivity contribution in [3.05, 3.63) is 94.6 Å². The topological polar surface area (TPSA) is 88.1 Å². The number of allylic oxidation sites excluding steroid dienone is 1. The fourth-order valence-electron chi connectivity index (χ4n) is 4.51. The van der Waals surface area contributed by atoms with Crippen LogP contribution in [0.2, 0.25) is 0 Å². The molecular weight excluding hydrogens is 457 g/mol. The number of halogens is 1. The van der Waals surface area contributed by atoms with Crippen molar-refractivity contribution in [3.8, 4) is 5.88 Å². The Hall–Kier alpha value is -4.26. The maximum atomic E-state index is 14.5. The van der Waals surface area contributed by atoms with Crippen LogP contribution in [0.5, 0.6) is 5.88 Å². The number of carboxylic acids is 1. The van der Waals surface area contributed by atoms with Gasteiger partial charge >= 0.3 is 5.97 Å². The number of benzene rings is 2. The second kappa shape index (κ2) is 9.77. The molecule has 1 aliphatic carbocycles. The molecule has 0 saturated heterocycles. The molecule has 182 valence electrons. The van der Waals surface area contributed by atoms with Crippen LogP contribution in [0.4, 0.5) is 4.39 Å². The molecule has 2 N–H and O–H groups in total. The van der Waals surface area contributed by atoms with Gasteiger partial charge in [0.25, 0.3) is 0 Å². The van der Waals surface area contributed by atoms with E-state index in [2.05, 4.69) is 22.1 Å². The first-order valence-electron chi connectivity index (χ1n) is 11.9. The van der Waals surface area contributed by atoms with Crippen LogP contribution < -0.4 is 4.74 Å². The summed E-state index contributed by atoms with van der Waals surface area (Å²) >= 11 is 0. The molecule has 1 saturated carbocycles. The molecule has 1 fully saturated rings. The van der Waals surface area contributed by atoms with Gasteiger partial charge in [-0.3, -0.25) is 5.10 Å². The van der Waals surface area contributed by atoms with Crippen LogP contribution in [0.3, 0.4) is 0 Å². The quantitative estimate of drug-likeness (QED) is 0.288. The Balaban J connectivity index is 1.72. The molecule has 0 bridgehead atoms. The van der Waals surface area contributed by atoms with Gasteiger partial charge in [0.1, 0.15) is 0 Å². The minimum absolute atomic E-state index is 0.356. The number of carboxylic acid groups (broad SMARTS) is 1. The van der Waals surface area contributed by atoms with Crippen molar-refractivity contribution in [2.45, 2.75) is 26.7 Å². The average Bonchev–Trinajstić information content (AvgIpc) is 3.65. The predicted molar refractivity (Wildman–Crippen MR) is 138 cm³/mol. The number of hydrogen-bond donors (Lipinski definition) is 2. The van der Waals surface area contributed by atoms with Crippen LogP contribution in [-0.4, -0.2) is 32.9 Å². The first kappa shape index (κ1) is 23.5. The lowest BCUT2D eigenvalue weighted by Gasteiger charge is -2.19. The van der Waals surface area contributed by atoms with Gasteiger partial charge in [0, 0.05) is 23.9 Å². The van der Waals surface area contributed by atoms with E-state index in [-0.39, 0.29) is 0 Å². The van der Waals surface area contributed by atoms with Gasteiger partial charge in [-0.25, -0.2) is 9.78 Å². The summed E-state index contributed by atoms with van der Waals surface area (Å²) in [7, 11) is 0. The molecule has 0 amide bonds. The Morgan fingerprint density at radius 2 is 1.92 bits per heavy atom. The van der Waals surface area contributed by atoms with E-state index in [4.69, 9.17) is 9.84 Å². The Labute approximate surface area is 208 Å². The number of nitrogens with one attached hydrogen (secondary N) is 1. The number of nitrogens with zero attached hydrogens (tertiary/aromatic N) is 2. The predicted octanol–water partition coefficient (Wildman–Crippen LogP) is 6.27. The molecule has 0 spiro atoms. The lowest BCUT2D eigenvalue weighted by molar-refractivity contribution is -0.131. The minimum atomic E-state index is -0.996. The highest BCUT2D eigenvalue weighted by Crippen LogP contribution is 2.48. The van der Waals surface area contributed by atoms with Crippen LogP contribution >= 0.6 is 0 Å². The van der Waals surface area contributed by atoms with Crippen molar-refractivity contribution >= 4 is 34.1 Å². The number of rotatable bonds is 8. The van der Waals surface area contributed by atoms with Gasteiger partial charge < -0.3 is 9.84 Å². The van der Waals surface area contributed by atoms with Gasteiger partial charge in [-0.2, -0.15) is 9.49 Å². The molecule has 2 aromatic carbocycles. The van der Waals surface area contributed by atoms with Crippen molar-refractivity contribution in [2.75, 3.05) is 6.61 Å². The summed E-state index contributed by atoms with van der Waals surface area (Å²) in [4.78, 5) is 15.5. The molecular formula is C29H26FN3O3. The molecule has 2 aromatic heterocycles. The summed E-state index contributed by atoms with van der Waals surface area (Å²) in [6.45, 7) is 4.53. The second-order valence-electron chi connectivity index (χ2n) is 8.90. The van der Waals surface area contributed by atoms with Crippen LogP contribution in [0, 0.1) is 18.8 Å². The first-order valence-corrected chi connectivity index (χ1v) is 11.9. The summed E-state index contributed by atoms with van der Waals surface area (Å²) in [5.74, 6) is -0.515. The van der Waals surface area contributed by atoms with Crippen molar-refractivity contribution in [1.82, 2.24) is 15.2 Å². The number of H-pyrrole nitrogens is 1. The van der Waals surface area contributed by atoms with Crippen LogP contribution in [-0.2, 0) is 4.79 Å². The number of pyridine rings is 1. The van der Waals surface area contributed by atoms with Crippen molar-refractivity contribution in [1.29, 1.82) is 0 Å². The third kappa shape index (κ3) is 4.77. The molecule has 4 aromatic rings. The van der Waals surface area contributed by atoms with Crippen molar-refractivity contribution in [3.63, 3.8) is 0 Å². The summed E-state index contributed by atoms with van der Waals surface area (Å²) in [6.07, 6.45) is 6.67. The lowest BCUT2D eigenvalue weighted by atomic mass is 9.85. The number of fused-ring (bicyclic) bond motifs is 1. The van der Waals surface area contributed by atoms with Gasteiger partial charge in [-0.15, -0.1) is 0 Å². The lowest BCUT2D eigenvalue weighted by Crippen LogP contribution is -2.02. The molecule has 0 radical (unpaired) electrons. The molecule has 2 heterocycles. The highest BCUT2D eigenvalue weighted by Gasteiger charge is 2.32. The van der Waals surface area contributed by atoms with Crippen LogP contribution in [0.15, 0.2) is 60.8 Å². The minimum Gasteiger partial charge on any atom is -0.478 e. The van der Waals surface area contributed by atoms with E-state index < -0.39 is 11.9 Å². The molecule has 1 aliphatic rings. The largest absolute Gasteiger partial charge is 0.478 e. The van der Waals surface area contributed by atoms with Gasteiger partial charge in [0.05, 0.1) is 17.5 Å². The Morgan fingerprint density at radius 1 is 1.17 bits per heavy atom.